The molecule has 2 rings (SSSR count). The molecule has 1 N–H and O–H groups in total. The Morgan fingerprint density at radius 1 is 0.893 bits per heavy atom. The van der Waals surface area contributed by atoms with E-state index in [1.54, 1.807) is 20.8 Å². The van der Waals surface area contributed by atoms with E-state index in [1.165, 1.54) is 18.2 Å². The van der Waals surface area contributed by atoms with Crippen LogP contribution in [-0.4, -0.2) is 30.8 Å². The number of nitrogens with one attached hydrogen (secondary N) is 1. The molecule has 0 fully saturated rings. The van der Waals surface area contributed by atoms with Crippen molar-refractivity contribution in [3.63, 3.8) is 0 Å². The molecule has 1 amide bonds. The van der Waals surface area contributed by atoms with Crippen molar-refractivity contribution in [2.75, 3.05) is 7.11 Å². The van der Waals surface area contributed by atoms with Gasteiger partial charge in [-0.25, -0.2) is 9.59 Å². The van der Waals surface area contributed by atoms with E-state index < -0.39 is 23.7 Å². The molecule has 2 aromatic carbocycles. The Morgan fingerprint density at radius 3 is 1.96 bits per heavy atom. The van der Waals surface area contributed by atoms with Gasteiger partial charge in [-0.3, -0.25) is 0 Å². The Hall–Kier alpha value is -2.82. The van der Waals surface area contributed by atoms with E-state index in [1.807, 2.05) is 30.3 Å². The summed E-state index contributed by atoms with van der Waals surface area (Å²) in [5.74, 6) is -0.501. The zero-order chi connectivity index (χ0) is 20.6. The minimum atomic E-state index is -0.796. The van der Waals surface area contributed by atoms with Crippen LogP contribution in [0.4, 0.5) is 4.79 Å². The van der Waals surface area contributed by atoms with Gasteiger partial charge < -0.3 is 14.8 Å². The Bertz CT molecular complexity index is 763. The summed E-state index contributed by atoms with van der Waals surface area (Å²) in [5, 5.41) is 2.60. The van der Waals surface area contributed by atoms with Crippen molar-refractivity contribution in [2.45, 2.75) is 51.7 Å². The molecule has 0 radical (unpaired) electrons. The van der Waals surface area contributed by atoms with Gasteiger partial charge >= 0.3 is 12.1 Å². The number of carbonyl (C=O) groups is 2. The van der Waals surface area contributed by atoms with Gasteiger partial charge in [0, 0.05) is 6.42 Å². The number of carbonyl (C=O) groups excluding carboxylic acids is 2. The van der Waals surface area contributed by atoms with Crippen molar-refractivity contribution in [1.29, 1.82) is 0 Å². The van der Waals surface area contributed by atoms with Gasteiger partial charge in [0.15, 0.2) is 0 Å². The molecular weight excluding hydrogens is 354 g/mol. The van der Waals surface area contributed by atoms with Crippen LogP contribution in [0.1, 0.15) is 37.5 Å². The third-order valence-electron chi connectivity index (χ3n) is 4.18. The molecule has 0 aliphatic heterocycles. The van der Waals surface area contributed by atoms with Crippen LogP contribution < -0.4 is 5.32 Å². The smallest absolute Gasteiger partial charge is 0.408 e. The summed E-state index contributed by atoms with van der Waals surface area (Å²) in [6.45, 7) is 5.32. The third-order valence-corrected chi connectivity index (χ3v) is 4.18. The average Bonchev–Trinajstić information content (AvgIpc) is 2.65. The number of ether oxygens (including phenoxy) is 2. The fraction of sp³-hybridized carbons (Fsp3) is 0.391. The number of amides is 1. The normalized spacial score (nSPS) is 12.1. The van der Waals surface area contributed by atoms with E-state index in [-0.39, 0.29) is 0 Å². The molecule has 150 valence electrons. The fourth-order valence-electron chi connectivity index (χ4n) is 2.80. The highest BCUT2D eigenvalue weighted by molar-refractivity contribution is 5.81. The molecular formula is C23H29NO4. The van der Waals surface area contributed by atoms with Crippen LogP contribution >= 0.6 is 0 Å². The van der Waals surface area contributed by atoms with Crippen LogP contribution in [0.3, 0.4) is 0 Å². The number of hydrogen-bond donors (Lipinski definition) is 1. The molecule has 0 aromatic heterocycles. The minimum absolute atomic E-state index is 0.338. The fourth-order valence-corrected chi connectivity index (χ4v) is 2.80. The van der Waals surface area contributed by atoms with E-state index in [2.05, 4.69) is 29.6 Å². The first-order valence-electron chi connectivity index (χ1n) is 9.46. The van der Waals surface area contributed by atoms with E-state index >= 15 is 0 Å². The Morgan fingerprint density at radius 2 is 1.43 bits per heavy atom. The topological polar surface area (TPSA) is 64.6 Å². The molecule has 0 spiro atoms. The Kier molecular flexibility index (Phi) is 7.61. The molecule has 0 heterocycles. The molecule has 1 atom stereocenters. The minimum Gasteiger partial charge on any atom is -0.467 e. The number of rotatable bonds is 7. The molecule has 0 saturated carbocycles. The quantitative estimate of drug-likeness (QED) is 0.732. The monoisotopic (exact) mass is 383 g/mol. The van der Waals surface area contributed by atoms with Crippen molar-refractivity contribution in [1.82, 2.24) is 5.32 Å². The van der Waals surface area contributed by atoms with Gasteiger partial charge in [-0.05, 0) is 50.3 Å². The summed E-state index contributed by atoms with van der Waals surface area (Å²) in [7, 11) is 1.30. The van der Waals surface area contributed by atoms with Gasteiger partial charge in [-0.2, -0.15) is 0 Å². The van der Waals surface area contributed by atoms with Gasteiger partial charge in [-0.1, -0.05) is 54.6 Å². The molecule has 5 nitrogen and oxygen atoms in total. The Balaban J connectivity index is 1.96. The van der Waals surface area contributed by atoms with Crippen molar-refractivity contribution in [3.05, 3.63) is 71.3 Å². The van der Waals surface area contributed by atoms with Crippen molar-refractivity contribution in [3.8, 4) is 0 Å². The molecule has 0 bridgehead atoms. The summed E-state index contributed by atoms with van der Waals surface area (Å²) in [6, 6.07) is 17.6. The predicted molar refractivity (Wildman–Crippen MR) is 109 cm³/mol. The summed E-state index contributed by atoms with van der Waals surface area (Å²) in [5.41, 5.74) is 2.83. The highest BCUT2D eigenvalue weighted by Gasteiger charge is 2.25. The molecule has 0 aliphatic carbocycles. The second kappa shape index (κ2) is 9.93. The molecule has 5 heteroatoms. The standard InChI is InChI=1S/C23H29NO4/c1-23(2,3)28-22(26)24-20(21(25)27-4)16-19-14-12-18(13-15-19)11-10-17-8-6-5-7-9-17/h5-9,12-15,20H,10-11,16H2,1-4H3,(H,24,26)/t20-/m0/s1. The van der Waals surface area contributed by atoms with Crippen LogP contribution in [0.25, 0.3) is 0 Å². The van der Waals surface area contributed by atoms with E-state index in [4.69, 9.17) is 9.47 Å². The maximum Gasteiger partial charge on any atom is 0.408 e. The maximum absolute atomic E-state index is 12.1. The number of aryl methyl sites for hydroxylation is 2. The Labute approximate surface area is 167 Å². The molecule has 0 saturated heterocycles. The van der Waals surface area contributed by atoms with Gasteiger partial charge in [0.1, 0.15) is 11.6 Å². The summed E-state index contributed by atoms with van der Waals surface area (Å²) in [6.07, 6.45) is 1.62. The lowest BCUT2D eigenvalue weighted by atomic mass is 10.0. The van der Waals surface area contributed by atoms with Gasteiger partial charge in [0.2, 0.25) is 0 Å². The first-order chi connectivity index (χ1) is 13.3. The molecule has 28 heavy (non-hydrogen) atoms. The van der Waals surface area contributed by atoms with Gasteiger partial charge in [-0.15, -0.1) is 0 Å². The largest absolute Gasteiger partial charge is 0.467 e. The van der Waals surface area contributed by atoms with Crippen molar-refractivity contribution in [2.24, 2.45) is 0 Å². The van der Waals surface area contributed by atoms with Gasteiger partial charge in [0.05, 0.1) is 7.11 Å². The number of alkyl carbamates (subject to hydrolysis) is 1. The molecule has 2 aromatic rings. The van der Waals surface area contributed by atoms with Gasteiger partial charge in [0.25, 0.3) is 0 Å². The van der Waals surface area contributed by atoms with Crippen molar-refractivity contribution < 1.29 is 19.1 Å². The second-order valence-corrected chi connectivity index (χ2v) is 7.73. The lowest BCUT2D eigenvalue weighted by Crippen LogP contribution is -2.45. The van der Waals surface area contributed by atoms with E-state index in [0.717, 1.165) is 18.4 Å². The number of benzene rings is 2. The van der Waals surface area contributed by atoms with Crippen LogP contribution in [-0.2, 0) is 33.5 Å². The van der Waals surface area contributed by atoms with E-state index in [0.29, 0.717) is 6.42 Å². The average molecular weight is 383 g/mol. The van der Waals surface area contributed by atoms with Crippen LogP contribution in [0.5, 0.6) is 0 Å². The number of hydrogen-bond acceptors (Lipinski definition) is 4. The SMILES string of the molecule is COC(=O)[C@H](Cc1ccc(CCc2ccccc2)cc1)NC(=O)OC(C)(C)C. The summed E-state index contributed by atoms with van der Waals surface area (Å²) < 4.78 is 10.1. The molecule has 0 aliphatic rings. The number of methoxy groups -OCH3 is 1. The second-order valence-electron chi connectivity index (χ2n) is 7.73. The summed E-state index contributed by atoms with van der Waals surface area (Å²) >= 11 is 0. The van der Waals surface area contributed by atoms with Crippen LogP contribution in [0.15, 0.2) is 54.6 Å². The van der Waals surface area contributed by atoms with Crippen molar-refractivity contribution >= 4 is 12.1 Å². The maximum atomic E-state index is 12.1. The third kappa shape index (κ3) is 7.43. The number of esters is 1. The lowest BCUT2D eigenvalue weighted by Gasteiger charge is -2.22. The lowest BCUT2D eigenvalue weighted by molar-refractivity contribution is -0.143. The first kappa shape index (κ1) is 21.5. The van der Waals surface area contributed by atoms with Crippen LogP contribution in [0, 0.1) is 0 Å². The molecule has 0 unspecified atom stereocenters. The zero-order valence-corrected chi connectivity index (χ0v) is 17.0. The first-order valence-corrected chi connectivity index (χ1v) is 9.46. The highest BCUT2D eigenvalue weighted by Crippen LogP contribution is 2.12. The summed E-state index contributed by atoms with van der Waals surface area (Å²) in [4.78, 5) is 24.1. The predicted octanol–water partition coefficient (Wildman–Crippen LogP) is 4.08. The zero-order valence-electron chi connectivity index (χ0n) is 17.0. The highest BCUT2D eigenvalue weighted by atomic mass is 16.6. The van der Waals surface area contributed by atoms with Crippen LogP contribution in [0.2, 0.25) is 0 Å². The van der Waals surface area contributed by atoms with E-state index in [9.17, 15) is 9.59 Å².